The maximum atomic E-state index is 6.22. The van der Waals surface area contributed by atoms with Gasteiger partial charge in [0.15, 0.2) is 0 Å². The van der Waals surface area contributed by atoms with Crippen LogP contribution in [-0.2, 0) is 4.74 Å². The minimum absolute atomic E-state index is 0.120. The number of ether oxygens (including phenoxy) is 1. The number of hydrogen-bond acceptors (Lipinski definition) is 3. The highest BCUT2D eigenvalue weighted by atomic mass is 16.5. The van der Waals surface area contributed by atoms with Crippen molar-refractivity contribution in [1.82, 2.24) is 5.32 Å². The smallest absolute Gasteiger partial charge is 0.0655 e. The van der Waals surface area contributed by atoms with Crippen molar-refractivity contribution in [3.05, 3.63) is 35.9 Å². The molecule has 1 fully saturated rings. The molecule has 0 aromatic heterocycles. The van der Waals surface area contributed by atoms with E-state index in [1.807, 2.05) is 18.2 Å². The van der Waals surface area contributed by atoms with Gasteiger partial charge in [-0.15, -0.1) is 0 Å². The van der Waals surface area contributed by atoms with Crippen LogP contribution in [0.1, 0.15) is 45.2 Å². The van der Waals surface area contributed by atoms with Crippen LogP contribution in [0.3, 0.4) is 0 Å². The van der Waals surface area contributed by atoms with E-state index in [1.54, 1.807) is 0 Å². The van der Waals surface area contributed by atoms with E-state index >= 15 is 0 Å². The van der Waals surface area contributed by atoms with Crippen molar-refractivity contribution in [2.45, 2.75) is 51.8 Å². The van der Waals surface area contributed by atoms with E-state index in [-0.39, 0.29) is 11.5 Å². The van der Waals surface area contributed by atoms with Crippen LogP contribution >= 0.6 is 0 Å². The number of hydrogen-bond donors (Lipinski definition) is 2. The first-order valence-corrected chi connectivity index (χ1v) is 7.71. The van der Waals surface area contributed by atoms with E-state index in [2.05, 4.69) is 38.2 Å². The summed E-state index contributed by atoms with van der Waals surface area (Å²) in [5.74, 6) is 0. The Hall–Kier alpha value is -0.900. The van der Waals surface area contributed by atoms with E-state index in [0.717, 1.165) is 26.0 Å². The quantitative estimate of drug-likeness (QED) is 0.805. The summed E-state index contributed by atoms with van der Waals surface area (Å²) in [5.41, 5.74) is 7.66. The van der Waals surface area contributed by atoms with Gasteiger partial charge in [0.05, 0.1) is 6.10 Å². The van der Waals surface area contributed by atoms with Crippen molar-refractivity contribution in [3.63, 3.8) is 0 Å². The molecule has 0 aliphatic heterocycles. The lowest BCUT2D eigenvalue weighted by Gasteiger charge is -2.52. The zero-order valence-corrected chi connectivity index (χ0v) is 12.9. The third kappa shape index (κ3) is 3.40. The minimum atomic E-state index is 0.120. The van der Waals surface area contributed by atoms with Gasteiger partial charge in [-0.25, -0.2) is 0 Å². The molecular weight excluding hydrogens is 248 g/mol. The molecule has 3 atom stereocenters. The van der Waals surface area contributed by atoms with Gasteiger partial charge in [0.25, 0.3) is 0 Å². The van der Waals surface area contributed by atoms with Crippen LogP contribution in [-0.4, -0.2) is 25.3 Å². The van der Waals surface area contributed by atoms with Gasteiger partial charge in [-0.05, 0) is 31.9 Å². The third-order valence-corrected chi connectivity index (χ3v) is 4.62. The molecule has 0 bridgehead atoms. The Bertz CT molecular complexity index is 405. The molecule has 0 amide bonds. The summed E-state index contributed by atoms with van der Waals surface area (Å²) in [4.78, 5) is 0. The highest BCUT2D eigenvalue weighted by molar-refractivity contribution is 5.18. The number of nitrogens with two attached hydrogens (primary N) is 1. The zero-order valence-electron chi connectivity index (χ0n) is 12.9. The van der Waals surface area contributed by atoms with Crippen LogP contribution in [0.2, 0.25) is 0 Å². The van der Waals surface area contributed by atoms with Crippen LogP contribution in [0.25, 0.3) is 0 Å². The summed E-state index contributed by atoms with van der Waals surface area (Å²) in [6, 6.07) is 11.0. The molecule has 20 heavy (non-hydrogen) atoms. The Kier molecular flexibility index (Phi) is 5.19. The highest BCUT2D eigenvalue weighted by Gasteiger charge is 2.48. The first-order valence-electron chi connectivity index (χ1n) is 7.71. The molecular formula is C17H28N2O. The molecule has 1 aromatic rings. The van der Waals surface area contributed by atoms with E-state index in [4.69, 9.17) is 10.5 Å². The van der Waals surface area contributed by atoms with Gasteiger partial charge >= 0.3 is 0 Å². The fourth-order valence-electron chi connectivity index (χ4n) is 3.00. The van der Waals surface area contributed by atoms with E-state index in [1.165, 1.54) is 5.56 Å². The predicted molar refractivity (Wildman–Crippen MR) is 83.6 cm³/mol. The minimum Gasteiger partial charge on any atom is -0.378 e. The number of rotatable bonds is 7. The first kappa shape index (κ1) is 15.5. The Labute approximate surface area is 122 Å². The van der Waals surface area contributed by atoms with Crippen LogP contribution in [0, 0.1) is 5.41 Å². The van der Waals surface area contributed by atoms with E-state index in [9.17, 15) is 0 Å². The van der Waals surface area contributed by atoms with E-state index in [0.29, 0.717) is 12.1 Å². The summed E-state index contributed by atoms with van der Waals surface area (Å²) in [7, 11) is 0. The van der Waals surface area contributed by atoms with Crippen molar-refractivity contribution in [3.8, 4) is 0 Å². The maximum absolute atomic E-state index is 6.22. The van der Waals surface area contributed by atoms with Crippen molar-refractivity contribution in [1.29, 1.82) is 0 Å². The molecule has 1 saturated carbocycles. The van der Waals surface area contributed by atoms with Gasteiger partial charge < -0.3 is 15.8 Å². The molecule has 2 rings (SSSR count). The maximum Gasteiger partial charge on any atom is 0.0655 e. The molecule has 3 unspecified atom stereocenters. The van der Waals surface area contributed by atoms with Crippen molar-refractivity contribution in [2.24, 2.45) is 11.1 Å². The first-order chi connectivity index (χ1) is 9.55. The van der Waals surface area contributed by atoms with Gasteiger partial charge in [-0.2, -0.15) is 0 Å². The summed E-state index contributed by atoms with van der Waals surface area (Å²) >= 11 is 0. The molecule has 1 aliphatic carbocycles. The second kappa shape index (κ2) is 6.70. The normalized spacial score (nSPS) is 26.0. The molecule has 3 N–H and O–H groups in total. The molecule has 112 valence electrons. The summed E-state index contributed by atoms with van der Waals surface area (Å²) in [5, 5.41) is 3.64. The largest absolute Gasteiger partial charge is 0.378 e. The molecule has 0 spiro atoms. The van der Waals surface area contributed by atoms with Crippen LogP contribution in [0.4, 0.5) is 0 Å². The Morgan fingerprint density at radius 2 is 2.05 bits per heavy atom. The van der Waals surface area contributed by atoms with Crippen LogP contribution in [0.15, 0.2) is 30.3 Å². The van der Waals surface area contributed by atoms with Gasteiger partial charge in [0.1, 0.15) is 0 Å². The fraction of sp³-hybridized carbons (Fsp3) is 0.647. The average molecular weight is 276 g/mol. The number of nitrogens with one attached hydrogen (secondary N) is 1. The summed E-state index contributed by atoms with van der Waals surface area (Å²) in [6.07, 6.45) is 2.48. The van der Waals surface area contributed by atoms with Crippen molar-refractivity contribution in [2.75, 3.05) is 13.2 Å². The second-order valence-corrected chi connectivity index (χ2v) is 6.31. The lowest BCUT2D eigenvalue weighted by molar-refractivity contribution is -0.114. The third-order valence-electron chi connectivity index (χ3n) is 4.62. The molecule has 0 heterocycles. The Morgan fingerprint density at radius 3 is 2.65 bits per heavy atom. The Balaban J connectivity index is 1.72. The fourth-order valence-corrected chi connectivity index (χ4v) is 3.00. The molecule has 3 nitrogen and oxygen atoms in total. The van der Waals surface area contributed by atoms with Gasteiger partial charge in [-0.3, -0.25) is 0 Å². The lowest BCUT2D eigenvalue weighted by atomic mass is 9.64. The molecule has 1 aromatic carbocycles. The monoisotopic (exact) mass is 276 g/mol. The van der Waals surface area contributed by atoms with Gasteiger partial charge in [0.2, 0.25) is 0 Å². The average Bonchev–Trinajstić information content (AvgIpc) is 2.46. The zero-order chi connectivity index (χ0) is 14.6. The molecule has 3 heteroatoms. The van der Waals surface area contributed by atoms with Crippen molar-refractivity contribution >= 4 is 0 Å². The van der Waals surface area contributed by atoms with Gasteiger partial charge in [-0.1, -0.05) is 44.2 Å². The highest BCUT2D eigenvalue weighted by Crippen LogP contribution is 2.42. The number of benzene rings is 1. The molecule has 0 radical (unpaired) electrons. The Morgan fingerprint density at radius 1 is 1.35 bits per heavy atom. The summed E-state index contributed by atoms with van der Waals surface area (Å²) in [6.45, 7) is 8.40. The standard InChI is InChI=1S/C17H28N2O/c1-4-20-16-12-15(17(16,2)3)19-11-10-14(18)13-8-6-5-7-9-13/h5-9,14-16,19H,4,10-12,18H2,1-3H3. The van der Waals surface area contributed by atoms with Crippen molar-refractivity contribution < 1.29 is 4.74 Å². The predicted octanol–water partition coefficient (Wildman–Crippen LogP) is 2.87. The molecule has 1 aliphatic rings. The van der Waals surface area contributed by atoms with Crippen LogP contribution < -0.4 is 11.1 Å². The molecule has 0 saturated heterocycles. The second-order valence-electron chi connectivity index (χ2n) is 6.31. The SMILES string of the molecule is CCOC1CC(NCCC(N)c2ccccc2)C1(C)C. The summed E-state index contributed by atoms with van der Waals surface area (Å²) < 4.78 is 5.76. The lowest BCUT2D eigenvalue weighted by Crippen LogP contribution is -2.61. The van der Waals surface area contributed by atoms with Crippen LogP contribution in [0.5, 0.6) is 0 Å². The topological polar surface area (TPSA) is 47.3 Å². The van der Waals surface area contributed by atoms with E-state index < -0.39 is 0 Å². The van der Waals surface area contributed by atoms with Gasteiger partial charge in [0, 0.05) is 24.1 Å².